The van der Waals surface area contributed by atoms with Crippen molar-refractivity contribution in [3.63, 3.8) is 0 Å². The number of amides is 2. The molecule has 1 fully saturated rings. The predicted octanol–water partition coefficient (Wildman–Crippen LogP) is 4.80. The lowest BCUT2D eigenvalue weighted by Gasteiger charge is -2.36. The zero-order chi connectivity index (χ0) is 24.9. The van der Waals surface area contributed by atoms with E-state index in [1.165, 1.54) is 4.90 Å². The maximum Gasteiger partial charge on any atom is 0.407 e. The lowest BCUT2D eigenvalue weighted by atomic mass is 9.96. The second-order valence-corrected chi connectivity index (χ2v) is 9.65. The van der Waals surface area contributed by atoms with Gasteiger partial charge in [-0.3, -0.25) is 4.79 Å². The molecule has 7 nitrogen and oxygen atoms in total. The number of likely N-dealkylation sites (tertiary alicyclic amines) is 1. The molecule has 0 saturated carbocycles. The van der Waals surface area contributed by atoms with Crippen molar-refractivity contribution in [1.29, 1.82) is 0 Å². The number of nitrogens with one attached hydrogen (secondary N) is 1. The van der Waals surface area contributed by atoms with Crippen molar-refractivity contribution in [1.82, 2.24) is 10.2 Å². The highest BCUT2D eigenvalue weighted by molar-refractivity contribution is 5.89. The first-order valence-corrected chi connectivity index (χ1v) is 12.6. The van der Waals surface area contributed by atoms with E-state index < -0.39 is 24.1 Å². The Kier molecular flexibility index (Phi) is 7.73. The Balaban J connectivity index is 1.46. The zero-order valence-corrected chi connectivity index (χ0v) is 20.4. The summed E-state index contributed by atoms with van der Waals surface area (Å²) >= 11 is 0. The van der Waals surface area contributed by atoms with E-state index in [1.54, 1.807) is 0 Å². The van der Waals surface area contributed by atoms with Crippen LogP contribution in [-0.4, -0.2) is 53.2 Å². The summed E-state index contributed by atoms with van der Waals surface area (Å²) in [7, 11) is 0. The number of ether oxygens (including phenoxy) is 1. The number of benzene rings is 2. The molecule has 1 saturated heterocycles. The van der Waals surface area contributed by atoms with Crippen molar-refractivity contribution < 1.29 is 24.2 Å². The molecule has 1 aliphatic heterocycles. The number of alkyl carbamates (subject to hydrolysis) is 1. The van der Waals surface area contributed by atoms with Crippen LogP contribution in [0.3, 0.4) is 0 Å². The van der Waals surface area contributed by atoms with Gasteiger partial charge in [-0.25, -0.2) is 9.59 Å². The van der Waals surface area contributed by atoms with Gasteiger partial charge in [0.05, 0.1) is 0 Å². The van der Waals surface area contributed by atoms with Crippen molar-refractivity contribution in [3.8, 4) is 11.1 Å². The van der Waals surface area contributed by atoms with Crippen LogP contribution in [-0.2, 0) is 14.3 Å². The van der Waals surface area contributed by atoms with Crippen LogP contribution in [0.2, 0.25) is 0 Å². The summed E-state index contributed by atoms with van der Waals surface area (Å²) < 4.78 is 5.66. The lowest BCUT2D eigenvalue weighted by molar-refractivity contribution is -0.153. The van der Waals surface area contributed by atoms with Crippen molar-refractivity contribution in [2.24, 2.45) is 5.92 Å². The minimum atomic E-state index is -0.999. The Morgan fingerprint density at radius 2 is 1.69 bits per heavy atom. The molecule has 35 heavy (non-hydrogen) atoms. The van der Waals surface area contributed by atoms with E-state index >= 15 is 0 Å². The molecule has 2 aromatic carbocycles. The number of carbonyl (C=O) groups excluding carboxylic acids is 2. The third-order valence-electron chi connectivity index (χ3n) is 7.34. The summed E-state index contributed by atoms with van der Waals surface area (Å²) in [4.78, 5) is 39.4. The molecular weight excluding hydrogens is 444 g/mol. The number of aliphatic carboxylic acids is 1. The standard InChI is InChI=1S/C28H34N2O5/c1-3-18(2)16-24(26(31)30-15-9-8-14-25(30)27(32)33)29-28(34)35-17-23-21-12-6-4-10-19(21)20-11-5-7-13-22(20)23/h4-7,10-13,18,23-25H,3,8-9,14-17H2,1-2H3,(H,29,34)(H,32,33)/t18?,24?,25-/m0/s1. The maximum absolute atomic E-state index is 13.4. The molecule has 2 aromatic rings. The number of carbonyl (C=O) groups is 3. The molecular formula is C28H34N2O5. The fraction of sp³-hybridized carbons (Fsp3) is 0.464. The summed E-state index contributed by atoms with van der Waals surface area (Å²) in [5.74, 6) is -1.23. The Morgan fingerprint density at radius 1 is 1.06 bits per heavy atom. The van der Waals surface area contributed by atoms with E-state index in [4.69, 9.17) is 4.74 Å². The van der Waals surface area contributed by atoms with Gasteiger partial charge in [-0.2, -0.15) is 0 Å². The molecule has 186 valence electrons. The number of hydrogen-bond acceptors (Lipinski definition) is 4. The van der Waals surface area contributed by atoms with Crippen molar-refractivity contribution in [3.05, 3.63) is 59.7 Å². The highest BCUT2D eigenvalue weighted by Gasteiger charge is 2.37. The van der Waals surface area contributed by atoms with E-state index in [0.717, 1.165) is 41.5 Å². The molecule has 2 N–H and O–H groups in total. The molecule has 1 aliphatic carbocycles. The Hall–Kier alpha value is -3.35. The predicted molar refractivity (Wildman–Crippen MR) is 133 cm³/mol. The number of carboxylic acid groups (broad SMARTS) is 1. The molecule has 1 heterocycles. The fourth-order valence-electron chi connectivity index (χ4n) is 5.23. The second-order valence-electron chi connectivity index (χ2n) is 9.65. The summed E-state index contributed by atoms with van der Waals surface area (Å²) in [5.41, 5.74) is 4.52. The summed E-state index contributed by atoms with van der Waals surface area (Å²) in [6, 6.07) is 14.6. The summed E-state index contributed by atoms with van der Waals surface area (Å²) in [6.07, 6.45) is 2.59. The van der Waals surface area contributed by atoms with Gasteiger partial charge in [-0.1, -0.05) is 68.8 Å². The minimum absolute atomic E-state index is 0.0737. The average molecular weight is 479 g/mol. The van der Waals surface area contributed by atoms with Crippen LogP contribution in [0.4, 0.5) is 4.79 Å². The van der Waals surface area contributed by atoms with Gasteiger partial charge in [-0.15, -0.1) is 0 Å². The molecule has 2 unspecified atom stereocenters. The van der Waals surface area contributed by atoms with Gasteiger partial charge in [0.25, 0.3) is 0 Å². The first-order chi connectivity index (χ1) is 16.9. The normalized spacial score (nSPS) is 18.8. The van der Waals surface area contributed by atoms with E-state index in [-0.39, 0.29) is 24.3 Å². The molecule has 0 bridgehead atoms. The summed E-state index contributed by atoms with van der Waals surface area (Å²) in [6.45, 7) is 4.59. The largest absolute Gasteiger partial charge is 0.480 e. The zero-order valence-electron chi connectivity index (χ0n) is 20.4. The topological polar surface area (TPSA) is 95.9 Å². The maximum atomic E-state index is 13.4. The van der Waals surface area contributed by atoms with Crippen LogP contribution in [0, 0.1) is 5.92 Å². The van der Waals surface area contributed by atoms with Gasteiger partial charge in [0.15, 0.2) is 0 Å². The number of hydrogen-bond donors (Lipinski definition) is 2. The number of carboxylic acids is 1. The molecule has 2 aliphatic rings. The van der Waals surface area contributed by atoms with E-state index in [2.05, 4.69) is 29.6 Å². The SMILES string of the molecule is CCC(C)CC(NC(=O)OCC1c2ccccc2-c2ccccc21)C(=O)N1CCCC[C@H]1C(=O)O. The molecule has 4 rings (SSSR count). The quantitative estimate of drug-likeness (QED) is 0.568. The van der Waals surface area contributed by atoms with Gasteiger partial charge in [0.1, 0.15) is 18.7 Å². The number of piperidine rings is 1. The van der Waals surface area contributed by atoms with Crippen molar-refractivity contribution >= 4 is 18.0 Å². The number of fused-ring (bicyclic) bond motifs is 3. The van der Waals surface area contributed by atoms with Gasteiger partial charge in [0.2, 0.25) is 5.91 Å². The first kappa shape index (κ1) is 24.8. The van der Waals surface area contributed by atoms with Crippen molar-refractivity contribution in [2.45, 2.75) is 64.0 Å². The number of rotatable bonds is 8. The highest BCUT2D eigenvalue weighted by Crippen LogP contribution is 2.44. The summed E-state index contributed by atoms with van der Waals surface area (Å²) in [5, 5.41) is 12.4. The Morgan fingerprint density at radius 3 is 2.29 bits per heavy atom. The van der Waals surface area contributed by atoms with Crippen LogP contribution in [0.1, 0.15) is 63.0 Å². The van der Waals surface area contributed by atoms with Crippen LogP contribution in [0.5, 0.6) is 0 Å². The lowest BCUT2D eigenvalue weighted by Crippen LogP contribution is -2.56. The van der Waals surface area contributed by atoms with Crippen molar-refractivity contribution in [2.75, 3.05) is 13.2 Å². The second kappa shape index (κ2) is 10.9. The average Bonchev–Trinajstić information content (AvgIpc) is 3.20. The molecule has 2 amide bonds. The van der Waals surface area contributed by atoms with E-state index in [9.17, 15) is 19.5 Å². The van der Waals surface area contributed by atoms with E-state index in [0.29, 0.717) is 19.4 Å². The monoisotopic (exact) mass is 478 g/mol. The van der Waals surface area contributed by atoms with Gasteiger partial charge >= 0.3 is 12.1 Å². The third kappa shape index (κ3) is 5.34. The van der Waals surface area contributed by atoms with Gasteiger partial charge in [0, 0.05) is 12.5 Å². The molecule has 0 radical (unpaired) electrons. The Bertz CT molecular complexity index is 1040. The van der Waals surface area contributed by atoms with Crippen LogP contribution in [0.25, 0.3) is 11.1 Å². The van der Waals surface area contributed by atoms with Gasteiger partial charge in [-0.05, 0) is 53.9 Å². The fourth-order valence-corrected chi connectivity index (χ4v) is 5.23. The minimum Gasteiger partial charge on any atom is -0.480 e. The van der Waals surface area contributed by atoms with E-state index in [1.807, 2.05) is 38.1 Å². The third-order valence-corrected chi connectivity index (χ3v) is 7.34. The highest BCUT2D eigenvalue weighted by atomic mass is 16.5. The smallest absolute Gasteiger partial charge is 0.407 e. The van der Waals surface area contributed by atoms with Crippen LogP contribution in [0.15, 0.2) is 48.5 Å². The molecule has 3 atom stereocenters. The van der Waals surface area contributed by atoms with Crippen LogP contribution >= 0.6 is 0 Å². The molecule has 0 aromatic heterocycles. The Labute approximate surface area is 206 Å². The van der Waals surface area contributed by atoms with Gasteiger partial charge < -0.3 is 20.1 Å². The molecule has 7 heteroatoms. The number of nitrogens with zero attached hydrogens (tertiary/aromatic N) is 1. The van der Waals surface area contributed by atoms with Crippen LogP contribution < -0.4 is 5.32 Å². The first-order valence-electron chi connectivity index (χ1n) is 12.6. The molecule has 0 spiro atoms.